The third kappa shape index (κ3) is 3.81. The van der Waals surface area contributed by atoms with Crippen LogP contribution in [0, 0.1) is 18.8 Å². The highest BCUT2D eigenvalue weighted by atomic mass is 32.1. The van der Waals surface area contributed by atoms with Crippen LogP contribution in [-0.2, 0) is 0 Å². The number of thiazole rings is 1. The van der Waals surface area contributed by atoms with Gasteiger partial charge in [-0.3, -0.25) is 4.79 Å². The van der Waals surface area contributed by atoms with Crippen molar-refractivity contribution in [3.05, 3.63) is 39.8 Å². The number of aryl methyl sites for hydroxylation is 1. The second-order valence-corrected chi connectivity index (χ2v) is 5.35. The average molecular weight is 301 g/mol. The molecule has 1 heterocycles. The van der Waals surface area contributed by atoms with Crippen LogP contribution in [0.5, 0.6) is 5.75 Å². The first-order chi connectivity index (χ1) is 10.1. The molecule has 0 aliphatic carbocycles. The third-order valence-corrected chi connectivity index (χ3v) is 3.54. The molecule has 1 aromatic carbocycles. The molecule has 1 aromatic heterocycles. The van der Waals surface area contributed by atoms with Crippen LogP contribution in [-0.4, -0.2) is 24.5 Å². The van der Waals surface area contributed by atoms with Crippen LogP contribution in [0.15, 0.2) is 24.4 Å². The minimum absolute atomic E-state index is 0.220. The molecular weight excluding hydrogens is 286 g/mol. The van der Waals surface area contributed by atoms with Crippen LogP contribution in [0.2, 0.25) is 0 Å². The Morgan fingerprint density at radius 1 is 1.52 bits per heavy atom. The van der Waals surface area contributed by atoms with E-state index >= 15 is 0 Å². The zero-order chi connectivity index (χ0) is 15.2. The van der Waals surface area contributed by atoms with Gasteiger partial charge in [0.2, 0.25) is 0 Å². The van der Waals surface area contributed by atoms with E-state index in [2.05, 4.69) is 22.1 Å². The Hall–Kier alpha value is -2.36. The number of nitrogens with two attached hydrogens (primary N) is 1. The number of amides is 1. The van der Waals surface area contributed by atoms with Crippen molar-refractivity contribution in [3.8, 4) is 17.6 Å². The lowest BCUT2D eigenvalue weighted by molar-refractivity contribution is 0.103. The highest BCUT2D eigenvalue weighted by molar-refractivity contribution is 7.13. The minimum atomic E-state index is -0.220. The topological polar surface area (TPSA) is 77.2 Å². The summed E-state index contributed by atoms with van der Waals surface area (Å²) >= 11 is 1.34. The molecule has 1 amide bonds. The number of carbonyl (C=O) groups excluding carboxylic acids is 1. The Kier molecular flexibility index (Phi) is 4.93. The van der Waals surface area contributed by atoms with E-state index < -0.39 is 0 Å². The Morgan fingerprint density at radius 2 is 2.33 bits per heavy atom. The zero-order valence-electron chi connectivity index (χ0n) is 11.8. The van der Waals surface area contributed by atoms with Gasteiger partial charge in [0.1, 0.15) is 10.6 Å². The van der Waals surface area contributed by atoms with Crippen LogP contribution in [0.1, 0.15) is 20.2 Å². The number of aromatic nitrogens is 1. The SMILES string of the molecule is COc1ccc(C#CCN)cc1NC(=O)c1cnc(C)s1. The van der Waals surface area contributed by atoms with E-state index in [1.165, 1.54) is 11.3 Å². The fourth-order valence-electron chi connectivity index (χ4n) is 1.69. The van der Waals surface area contributed by atoms with Gasteiger partial charge in [0.15, 0.2) is 0 Å². The van der Waals surface area contributed by atoms with Crippen molar-refractivity contribution < 1.29 is 9.53 Å². The number of anilines is 1. The molecule has 0 spiro atoms. The Labute approximate surface area is 127 Å². The summed E-state index contributed by atoms with van der Waals surface area (Å²) in [4.78, 5) is 16.8. The predicted octanol–water partition coefficient (Wildman–Crippen LogP) is 2.02. The van der Waals surface area contributed by atoms with Crippen molar-refractivity contribution in [2.24, 2.45) is 5.73 Å². The Balaban J connectivity index is 2.26. The highest BCUT2D eigenvalue weighted by Gasteiger charge is 2.12. The summed E-state index contributed by atoms with van der Waals surface area (Å²) in [5, 5.41) is 3.66. The second-order valence-electron chi connectivity index (χ2n) is 4.12. The summed E-state index contributed by atoms with van der Waals surface area (Å²) in [6.07, 6.45) is 1.56. The van der Waals surface area contributed by atoms with Crippen LogP contribution in [0.4, 0.5) is 5.69 Å². The summed E-state index contributed by atoms with van der Waals surface area (Å²) in [6.45, 7) is 2.14. The molecule has 108 valence electrons. The Morgan fingerprint density at radius 3 is 2.95 bits per heavy atom. The molecule has 0 bridgehead atoms. The lowest BCUT2D eigenvalue weighted by Crippen LogP contribution is -2.11. The quantitative estimate of drug-likeness (QED) is 0.850. The lowest BCUT2D eigenvalue weighted by Gasteiger charge is -2.09. The van der Waals surface area contributed by atoms with Crippen molar-refractivity contribution in [2.45, 2.75) is 6.92 Å². The standard InChI is InChI=1S/C15H15N3O2S/c1-10-17-9-14(21-10)15(19)18-12-8-11(4-3-7-16)5-6-13(12)20-2/h5-6,8-9H,7,16H2,1-2H3,(H,18,19). The fraction of sp³-hybridized carbons (Fsp3) is 0.200. The van der Waals surface area contributed by atoms with Gasteiger partial charge in [0.25, 0.3) is 5.91 Å². The molecule has 0 atom stereocenters. The van der Waals surface area contributed by atoms with Crippen molar-refractivity contribution in [3.63, 3.8) is 0 Å². The smallest absolute Gasteiger partial charge is 0.267 e. The van der Waals surface area contributed by atoms with Crippen LogP contribution >= 0.6 is 11.3 Å². The van der Waals surface area contributed by atoms with E-state index in [1.807, 2.05) is 13.0 Å². The van der Waals surface area contributed by atoms with Gasteiger partial charge in [-0.25, -0.2) is 4.98 Å². The summed E-state index contributed by atoms with van der Waals surface area (Å²) < 4.78 is 5.25. The monoisotopic (exact) mass is 301 g/mol. The second kappa shape index (κ2) is 6.88. The maximum Gasteiger partial charge on any atom is 0.267 e. The third-order valence-electron chi connectivity index (χ3n) is 2.63. The van der Waals surface area contributed by atoms with Crippen molar-refractivity contribution >= 4 is 22.9 Å². The molecular formula is C15H15N3O2S. The number of hydrogen-bond donors (Lipinski definition) is 2. The first-order valence-corrected chi connectivity index (χ1v) is 7.06. The first kappa shape index (κ1) is 15.0. The largest absolute Gasteiger partial charge is 0.495 e. The van der Waals surface area contributed by atoms with Crippen molar-refractivity contribution in [1.82, 2.24) is 4.98 Å². The molecule has 2 aromatic rings. The van der Waals surface area contributed by atoms with Crippen molar-refractivity contribution in [1.29, 1.82) is 0 Å². The number of hydrogen-bond acceptors (Lipinski definition) is 5. The van der Waals surface area contributed by atoms with Gasteiger partial charge >= 0.3 is 0 Å². The summed E-state index contributed by atoms with van der Waals surface area (Å²) in [5.74, 6) is 6.05. The molecule has 0 unspecified atom stereocenters. The van der Waals surface area contributed by atoms with E-state index in [-0.39, 0.29) is 12.5 Å². The molecule has 5 nitrogen and oxygen atoms in total. The summed E-state index contributed by atoms with van der Waals surface area (Å²) in [7, 11) is 1.55. The maximum atomic E-state index is 12.2. The molecule has 0 radical (unpaired) electrons. The van der Waals surface area contributed by atoms with E-state index in [4.69, 9.17) is 10.5 Å². The molecule has 0 aliphatic rings. The van der Waals surface area contributed by atoms with Gasteiger partial charge in [0.05, 0.1) is 30.5 Å². The molecule has 0 saturated heterocycles. The molecule has 2 rings (SSSR count). The lowest BCUT2D eigenvalue weighted by atomic mass is 10.2. The molecule has 21 heavy (non-hydrogen) atoms. The van der Waals surface area contributed by atoms with E-state index in [1.54, 1.807) is 25.4 Å². The van der Waals surface area contributed by atoms with Gasteiger partial charge in [-0.15, -0.1) is 11.3 Å². The van der Waals surface area contributed by atoms with Crippen LogP contribution in [0.3, 0.4) is 0 Å². The number of methoxy groups -OCH3 is 1. The van der Waals surface area contributed by atoms with Crippen LogP contribution < -0.4 is 15.8 Å². The van der Waals surface area contributed by atoms with Gasteiger partial charge in [0, 0.05) is 5.56 Å². The highest BCUT2D eigenvalue weighted by Crippen LogP contribution is 2.26. The van der Waals surface area contributed by atoms with E-state index in [0.717, 1.165) is 10.6 Å². The number of carbonyl (C=O) groups is 1. The molecule has 0 aliphatic heterocycles. The van der Waals surface area contributed by atoms with Gasteiger partial charge in [-0.05, 0) is 25.1 Å². The van der Waals surface area contributed by atoms with Gasteiger partial charge in [-0.1, -0.05) is 11.8 Å². The Bertz CT molecular complexity index is 713. The van der Waals surface area contributed by atoms with E-state index in [9.17, 15) is 4.79 Å². The van der Waals surface area contributed by atoms with Gasteiger partial charge < -0.3 is 15.8 Å². The number of nitrogens with zero attached hydrogens (tertiary/aromatic N) is 1. The first-order valence-electron chi connectivity index (χ1n) is 6.25. The molecule has 3 N–H and O–H groups in total. The maximum absolute atomic E-state index is 12.2. The number of ether oxygens (including phenoxy) is 1. The number of benzene rings is 1. The van der Waals surface area contributed by atoms with Crippen molar-refractivity contribution in [2.75, 3.05) is 19.0 Å². The minimum Gasteiger partial charge on any atom is -0.495 e. The number of nitrogens with one attached hydrogen (secondary N) is 1. The molecule has 6 heteroatoms. The summed E-state index contributed by atoms with van der Waals surface area (Å²) in [5.41, 5.74) is 6.68. The average Bonchev–Trinajstić information content (AvgIpc) is 2.92. The normalized spacial score (nSPS) is 9.67. The molecule has 0 fully saturated rings. The van der Waals surface area contributed by atoms with Gasteiger partial charge in [-0.2, -0.15) is 0 Å². The summed E-state index contributed by atoms with van der Waals surface area (Å²) in [6, 6.07) is 5.33. The molecule has 0 saturated carbocycles. The van der Waals surface area contributed by atoms with E-state index in [0.29, 0.717) is 16.3 Å². The fourth-order valence-corrected chi connectivity index (χ4v) is 2.36. The zero-order valence-corrected chi connectivity index (χ0v) is 12.6. The predicted molar refractivity (Wildman–Crippen MR) is 83.7 cm³/mol. The van der Waals surface area contributed by atoms with Crippen LogP contribution in [0.25, 0.3) is 0 Å². The number of rotatable bonds is 3.